The van der Waals surface area contributed by atoms with E-state index in [0.717, 1.165) is 18.4 Å². The van der Waals surface area contributed by atoms with Gasteiger partial charge in [-0.15, -0.1) is 0 Å². The molecule has 4 nitrogen and oxygen atoms in total. The van der Waals surface area contributed by atoms with E-state index in [1.54, 1.807) is 24.3 Å². The summed E-state index contributed by atoms with van der Waals surface area (Å²) in [6.45, 7) is 0. The third-order valence-electron chi connectivity index (χ3n) is 2.23. The van der Waals surface area contributed by atoms with Crippen LogP contribution in [-0.2, 0) is 4.79 Å². The lowest BCUT2D eigenvalue weighted by molar-refractivity contribution is -0.135. The first kappa shape index (κ1) is 9.71. The molecule has 78 valence electrons. The third kappa shape index (κ3) is 2.56. The molecule has 0 aromatic heterocycles. The van der Waals surface area contributed by atoms with Crippen molar-refractivity contribution in [1.29, 1.82) is 0 Å². The SMILES string of the molecule is NN=Cc1ccc(OC(=O)C2CC2)cc1. The van der Waals surface area contributed by atoms with Crippen LogP contribution in [0.5, 0.6) is 5.75 Å². The van der Waals surface area contributed by atoms with E-state index in [0.29, 0.717) is 5.75 Å². The van der Waals surface area contributed by atoms with E-state index in [1.165, 1.54) is 6.21 Å². The van der Waals surface area contributed by atoms with Gasteiger partial charge in [0.15, 0.2) is 0 Å². The molecule has 0 unspecified atom stereocenters. The summed E-state index contributed by atoms with van der Waals surface area (Å²) in [6, 6.07) is 7.06. The van der Waals surface area contributed by atoms with Gasteiger partial charge in [0.05, 0.1) is 12.1 Å². The molecule has 0 spiro atoms. The van der Waals surface area contributed by atoms with Gasteiger partial charge in [-0.05, 0) is 42.7 Å². The Balaban J connectivity index is 1.99. The molecule has 2 rings (SSSR count). The molecular weight excluding hydrogens is 192 g/mol. The van der Waals surface area contributed by atoms with Crippen molar-refractivity contribution in [2.75, 3.05) is 0 Å². The quantitative estimate of drug-likeness (QED) is 0.265. The van der Waals surface area contributed by atoms with Crippen molar-refractivity contribution in [3.8, 4) is 5.75 Å². The summed E-state index contributed by atoms with van der Waals surface area (Å²) < 4.78 is 5.16. The largest absolute Gasteiger partial charge is 0.426 e. The predicted molar refractivity (Wildman–Crippen MR) is 56.6 cm³/mol. The summed E-state index contributed by atoms with van der Waals surface area (Å²) >= 11 is 0. The Hall–Kier alpha value is -1.84. The second kappa shape index (κ2) is 4.13. The van der Waals surface area contributed by atoms with Crippen molar-refractivity contribution < 1.29 is 9.53 Å². The van der Waals surface area contributed by atoms with Crippen LogP contribution >= 0.6 is 0 Å². The topological polar surface area (TPSA) is 64.7 Å². The van der Waals surface area contributed by atoms with Gasteiger partial charge >= 0.3 is 5.97 Å². The van der Waals surface area contributed by atoms with Crippen molar-refractivity contribution in [3.63, 3.8) is 0 Å². The molecule has 0 radical (unpaired) electrons. The molecule has 4 heteroatoms. The highest BCUT2D eigenvalue weighted by Gasteiger charge is 2.31. The van der Waals surface area contributed by atoms with Crippen LogP contribution in [0.4, 0.5) is 0 Å². The number of benzene rings is 1. The van der Waals surface area contributed by atoms with Crippen LogP contribution in [0.25, 0.3) is 0 Å². The molecule has 15 heavy (non-hydrogen) atoms. The molecule has 1 fully saturated rings. The van der Waals surface area contributed by atoms with E-state index >= 15 is 0 Å². The van der Waals surface area contributed by atoms with Gasteiger partial charge in [0.2, 0.25) is 0 Å². The molecule has 1 aromatic carbocycles. The minimum absolute atomic E-state index is 0.121. The summed E-state index contributed by atoms with van der Waals surface area (Å²) in [6.07, 6.45) is 3.44. The standard InChI is InChI=1S/C11H12N2O2/c12-13-7-8-1-5-10(6-2-8)15-11(14)9-3-4-9/h1-2,5-7,9H,3-4,12H2. The van der Waals surface area contributed by atoms with Crippen molar-refractivity contribution in [2.45, 2.75) is 12.8 Å². The summed E-state index contributed by atoms with van der Waals surface area (Å²) in [7, 11) is 0. The lowest BCUT2D eigenvalue weighted by atomic mass is 10.2. The fraction of sp³-hybridized carbons (Fsp3) is 0.273. The van der Waals surface area contributed by atoms with Gasteiger partial charge in [-0.25, -0.2) is 0 Å². The predicted octanol–water partition coefficient (Wildman–Crippen LogP) is 1.29. The Kier molecular flexibility index (Phi) is 2.67. The first-order chi connectivity index (χ1) is 7.29. The molecule has 0 bridgehead atoms. The van der Waals surface area contributed by atoms with Crippen LogP contribution in [0.15, 0.2) is 29.4 Å². The summed E-state index contributed by atoms with van der Waals surface area (Å²) in [5, 5.41) is 3.40. The molecule has 0 atom stereocenters. The Labute approximate surface area is 87.7 Å². The Morgan fingerprint density at radius 2 is 2.07 bits per heavy atom. The molecule has 0 amide bonds. The number of nitrogens with two attached hydrogens (primary N) is 1. The van der Waals surface area contributed by atoms with Gasteiger partial charge in [0, 0.05) is 0 Å². The Bertz CT molecular complexity index is 380. The zero-order valence-corrected chi connectivity index (χ0v) is 8.22. The van der Waals surface area contributed by atoms with Gasteiger partial charge in [-0.3, -0.25) is 4.79 Å². The first-order valence-electron chi connectivity index (χ1n) is 4.84. The maximum atomic E-state index is 11.3. The van der Waals surface area contributed by atoms with Crippen LogP contribution < -0.4 is 10.6 Å². The van der Waals surface area contributed by atoms with Gasteiger partial charge in [-0.2, -0.15) is 5.10 Å². The lowest BCUT2D eigenvalue weighted by Crippen LogP contribution is -2.09. The van der Waals surface area contributed by atoms with E-state index in [9.17, 15) is 4.79 Å². The molecule has 1 aliphatic carbocycles. The molecule has 2 N–H and O–H groups in total. The van der Waals surface area contributed by atoms with E-state index in [-0.39, 0.29) is 11.9 Å². The molecule has 0 saturated heterocycles. The van der Waals surface area contributed by atoms with E-state index < -0.39 is 0 Å². The van der Waals surface area contributed by atoms with E-state index in [4.69, 9.17) is 10.6 Å². The number of carbonyl (C=O) groups is 1. The third-order valence-corrected chi connectivity index (χ3v) is 2.23. The van der Waals surface area contributed by atoms with E-state index in [1.807, 2.05) is 0 Å². The number of nitrogens with zero attached hydrogens (tertiary/aromatic N) is 1. The molecular formula is C11H12N2O2. The second-order valence-electron chi connectivity index (χ2n) is 3.54. The van der Waals surface area contributed by atoms with Crippen LogP contribution in [0.2, 0.25) is 0 Å². The summed E-state index contributed by atoms with van der Waals surface area (Å²) in [4.78, 5) is 11.3. The van der Waals surface area contributed by atoms with Crippen LogP contribution in [0.3, 0.4) is 0 Å². The minimum atomic E-state index is -0.129. The van der Waals surface area contributed by atoms with Gasteiger partial charge < -0.3 is 10.6 Å². The monoisotopic (exact) mass is 204 g/mol. The lowest BCUT2D eigenvalue weighted by Gasteiger charge is -2.02. The first-order valence-corrected chi connectivity index (χ1v) is 4.84. The van der Waals surface area contributed by atoms with Crippen LogP contribution in [0, 0.1) is 5.92 Å². The van der Waals surface area contributed by atoms with Crippen molar-refractivity contribution >= 4 is 12.2 Å². The summed E-state index contributed by atoms with van der Waals surface area (Å²) in [5.74, 6) is 5.57. The van der Waals surface area contributed by atoms with Gasteiger partial charge in [-0.1, -0.05) is 0 Å². The average molecular weight is 204 g/mol. The number of hydrogen-bond donors (Lipinski definition) is 1. The second-order valence-corrected chi connectivity index (χ2v) is 3.54. The molecule has 1 aromatic rings. The zero-order chi connectivity index (χ0) is 10.7. The van der Waals surface area contributed by atoms with Gasteiger partial charge in [0.1, 0.15) is 5.75 Å². The highest BCUT2D eigenvalue weighted by molar-refractivity contribution is 5.80. The Morgan fingerprint density at radius 1 is 1.40 bits per heavy atom. The fourth-order valence-electron chi connectivity index (χ4n) is 1.23. The van der Waals surface area contributed by atoms with Crippen molar-refractivity contribution in [3.05, 3.63) is 29.8 Å². The number of carbonyl (C=O) groups excluding carboxylic acids is 1. The van der Waals surface area contributed by atoms with Crippen molar-refractivity contribution in [1.82, 2.24) is 0 Å². The highest BCUT2D eigenvalue weighted by Crippen LogP contribution is 2.30. The van der Waals surface area contributed by atoms with E-state index in [2.05, 4.69) is 5.10 Å². The van der Waals surface area contributed by atoms with Crippen LogP contribution in [0.1, 0.15) is 18.4 Å². The number of ether oxygens (including phenoxy) is 1. The highest BCUT2D eigenvalue weighted by atomic mass is 16.5. The number of hydrazone groups is 1. The van der Waals surface area contributed by atoms with Crippen molar-refractivity contribution in [2.24, 2.45) is 16.9 Å². The van der Waals surface area contributed by atoms with Crippen LogP contribution in [-0.4, -0.2) is 12.2 Å². The van der Waals surface area contributed by atoms with Gasteiger partial charge in [0.25, 0.3) is 0 Å². The summed E-state index contributed by atoms with van der Waals surface area (Å²) in [5.41, 5.74) is 0.878. The maximum absolute atomic E-state index is 11.3. The minimum Gasteiger partial charge on any atom is -0.426 e. The normalized spacial score (nSPS) is 15.5. The number of hydrogen-bond acceptors (Lipinski definition) is 4. The molecule has 1 saturated carbocycles. The Morgan fingerprint density at radius 3 is 2.60 bits per heavy atom. The fourth-order valence-corrected chi connectivity index (χ4v) is 1.23. The maximum Gasteiger partial charge on any atom is 0.314 e. The average Bonchev–Trinajstić information content (AvgIpc) is 3.04. The molecule has 0 aliphatic heterocycles. The smallest absolute Gasteiger partial charge is 0.314 e. The molecule has 0 heterocycles. The number of esters is 1. The zero-order valence-electron chi connectivity index (χ0n) is 8.22. The molecule has 1 aliphatic rings. The number of rotatable bonds is 3.